The summed E-state index contributed by atoms with van der Waals surface area (Å²) in [5.41, 5.74) is 1.92. The second-order valence-corrected chi connectivity index (χ2v) is 10.1. The van der Waals surface area contributed by atoms with Crippen LogP contribution in [0.25, 0.3) is 21.8 Å². The zero-order valence-corrected chi connectivity index (χ0v) is 21.6. The van der Waals surface area contributed by atoms with Gasteiger partial charge in [-0.1, -0.05) is 23.2 Å². The van der Waals surface area contributed by atoms with Gasteiger partial charge in [-0.15, -0.1) is 0 Å². The van der Waals surface area contributed by atoms with Gasteiger partial charge in [0.25, 0.3) is 0 Å². The van der Waals surface area contributed by atoms with Gasteiger partial charge in [0.05, 0.1) is 38.9 Å². The largest absolute Gasteiger partial charge is 0.506 e. The Kier molecular flexibility index (Phi) is 7.32. The molecule has 6 rings (SSSR count). The highest BCUT2D eigenvalue weighted by molar-refractivity contribution is 9.10. The van der Waals surface area contributed by atoms with Crippen molar-refractivity contribution < 1.29 is 14.6 Å². The van der Waals surface area contributed by atoms with E-state index in [4.69, 9.17) is 32.7 Å². The molecule has 2 atom stereocenters. The van der Waals surface area contributed by atoms with Crippen LogP contribution in [0.1, 0.15) is 51.0 Å². The van der Waals surface area contributed by atoms with Crippen LogP contribution in [0.4, 0.5) is 0 Å². The second-order valence-electron chi connectivity index (χ2n) is 8.44. The number of hydrogen-bond donors (Lipinski definition) is 1. The molecule has 4 aromatic rings. The summed E-state index contributed by atoms with van der Waals surface area (Å²) in [4.78, 5) is 0. The molecule has 2 aromatic heterocycles. The van der Waals surface area contributed by atoms with Gasteiger partial charge >= 0.3 is 0 Å². The highest BCUT2D eigenvalue weighted by Gasteiger charge is 2.21. The van der Waals surface area contributed by atoms with Gasteiger partial charge in [-0.2, -0.15) is 10.2 Å². The zero-order valence-electron chi connectivity index (χ0n) is 18.5. The van der Waals surface area contributed by atoms with Crippen LogP contribution < -0.4 is 0 Å². The Balaban J connectivity index is 0.000000142. The molecule has 0 spiro atoms. The quantitative estimate of drug-likeness (QED) is 0.276. The van der Waals surface area contributed by atoms with Crippen molar-refractivity contribution in [3.05, 3.63) is 51.2 Å². The van der Waals surface area contributed by atoms with Crippen LogP contribution in [0, 0.1) is 0 Å². The number of phenolic OH excluding ortho intramolecular Hbond substituents is 1. The van der Waals surface area contributed by atoms with Gasteiger partial charge < -0.3 is 14.6 Å². The molecule has 2 unspecified atom stereocenters. The molecule has 0 saturated carbocycles. The van der Waals surface area contributed by atoms with E-state index in [9.17, 15) is 5.11 Å². The average Bonchev–Trinajstić information content (AvgIpc) is 3.51. The summed E-state index contributed by atoms with van der Waals surface area (Å²) in [6, 6.07) is 7.42. The van der Waals surface area contributed by atoms with Crippen molar-refractivity contribution in [2.75, 3.05) is 13.2 Å². The Morgan fingerprint density at radius 1 is 0.794 bits per heavy atom. The van der Waals surface area contributed by atoms with Gasteiger partial charge in [0.1, 0.15) is 5.75 Å². The maximum atomic E-state index is 9.84. The number of ether oxygens (including phenoxy) is 2. The first-order chi connectivity index (χ1) is 16.5. The number of aromatic hydroxyl groups is 1. The summed E-state index contributed by atoms with van der Waals surface area (Å²) in [5, 5.41) is 21.3. The Bertz CT molecular complexity index is 1200. The number of fused-ring (bicyclic) bond motifs is 2. The van der Waals surface area contributed by atoms with Crippen molar-refractivity contribution in [1.29, 1.82) is 0 Å². The highest BCUT2D eigenvalue weighted by Crippen LogP contribution is 2.35. The Labute approximate surface area is 215 Å². The SMILES string of the molecule is Clc1ccc2c(cnn2C2CCCCO2)c1Br.Oc1c(Cl)ccc2c1cnn2C1CCCCO1. The summed E-state index contributed by atoms with van der Waals surface area (Å²) in [6.07, 6.45) is 10.1. The number of nitrogens with zero attached hydrogens (tertiary/aromatic N) is 4. The van der Waals surface area contributed by atoms with E-state index in [1.807, 2.05) is 33.8 Å². The fraction of sp³-hybridized carbons (Fsp3) is 0.417. The first-order valence-corrected chi connectivity index (χ1v) is 13.0. The second kappa shape index (κ2) is 10.4. The topological polar surface area (TPSA) is 74.3 Å². The Hall–Kier alpha value is -1.84. The van der Waals surface area contributed by atoms with Gasteiger partial charge in [0.2, 0.25) is 0 Å². The summed E-state index contributed by atoms with van der Waals surface area (Å²) in [5.74, 6) is 0.0891. The van der Waals surface area contributed by atoms with Gasteiger partial charge in [0.15, 0.2) is 12.5 Å². The zero-order chi connectivity index (χ0) is 23.7. The van der Waals surface area contributed by atoms with E-state index >= 15 is 0 Å². The van der Waals surface area contributed by atoms with E-state index in [2.05, 4.69) is 26.1 Å². The lowest BCUT2D eigenvalue weighted by Gasteiger charge is -2.23. The van der Waals surface area contributed by atoms with E-state index in [1.165, 1.54) is 6.42 Å². The van der Waals surface area contributed by atoms with Crippen LogP contribution in [0.3, 0.4) is 0 Å². The molecule has 0 bridgehead atoms. The maximum Gasteiger partial charge on any atom is 0.150 e. The third kappa shape index (κ3) is 4.66. The Morgan fingerprint density at radius 3 is 1.88 bits per heavy atom. The molecule has 2 saturated heterocycles. The van der Waals surface area contributed by atoms with Crippen molar-refractivity contribution in [3.63, 3.8) is 0 Å². The molecular weight excluding hydrogens is 543 g/mol. The smallest absolute Gasteiger partial charge is 0.150 e. The molecule has 2 aromatic carbocycles. The molecule has 0 aliphatic carbocycles. The molecule has 10 heteroatoms. The van der Waals surface area contributed by atoms with Crippen molar-refractivity contribution in [2.45, 2.75) is 51.0 Å². The van der Waals surface area contributed by atoms with Crippen molar-refractivity contribution >= 4 is 60.9 Å². The lowest BCUT2D eigenvalue weighted by atomic mass is 10.2. The van der Waals surface area contributed by atoms with E-state index in [0.29, 0.717) is 15.4 Å². The molecule has 4 heterocycles. The molecular formula is C24H25BrCl2N4O3. The van der Waals surface area contributed by atoms with Crippen molar-refractivity contribution in [2.24, 2.45) is 0 Å². The normalized spacial score (nSPS) is 20.9. The summed E-state index contributed by atoms with van der Waals surface area (Å²) >= 11 is 15.4. The van der Waals surface area contributed by atoms with E-state index in [-0.39, 0.29) is 18.2 Å². The summed E-state index contributed by atoms with van der Waals surface area (Å²) in [7, 11) is 0. The van der Waals surface area contributed by atoms with E-state index in [0.717, 1.165) is 66.2 Å². The molecule has 34 heavy (non-hydrogen) atoms. The molecule has 2 fully saturated rings. The van der Waals surface area contributed by atoms with Crippen LogP contribution in [0.15, 0.2) is 41.1 Å². The third-order valence-corrected chi connectivity index (χ3v) is 7.93. The van der Waals surface area contributed by atoms with Gasteiger partial charge in [-0.25, -0.2) is 9.36 Å². The average molecular weight is 568 g/mol. The van der Waals surface area contributed by atoms with Crippen molar-refractivity contribution in [1.82, 2.24) is 19.6 Å². The molecule has 0 radical (unpaired) electrons. The number of aromatic nitrogens is 4. The predicted molar refractivity (Wildman–Crippen MR) is 137 cm³/mol. The number of hydrogen-bond acceptors (Lipinski definition) is 5. The minimum absolute atomic E-state index is 0.0261. The van der Waals surface area contributed by atoms with Gasteiger partial charge in [-0.05, 0) is 78.7 Å². The summed E-state index contributed by atoms with van der Waals surface area (Å²) in [6.45, 7) is 1.59. The maximum absolute atomic E-state index is 9.84. The van der Waals surface area contributed by atoms with Gasteiger partial charge in [-0.3, -0.25) is 0 Å². The van der Waals surface area contributed by atoms with Crippen LogP contribution in [0.5, 0.6) is 5.75 Å². The fourth-order valence-electron chi connectivity index (χ4n) is 4.43. The highest BCUT2D eigenvalue weighted by atomic mass is 79.9. The third-order valence-electron chi connectivity index (χ3n) is 6.23. The Morgan fingerprint density at radius 2 is 1.32 bits per heavy atom. The number of benzene rings is 2. The van der Waals surface area contributed by atoms with Crippen molar-refractivity contribution in [3.8, 4) is 5.75 Å². The van der Waals surface area contributed by atoms with Crippen LogP contribution in [-0.4, -0.2) is 37.9 Å². The first kappa shape index (κ1) is 23.9. The molecule has 180 valence electrons. The van der Waals surface area contributed by atoms with E-state index in [1.54, 1.807) is 12.3 Å². The lowest BCUT2D eigenvalue weighted by molar-refractivity contribution is -0.0367. The monoisotopic (exact) mass is 566 g/mol. The minimum atomic E-state index is -0.0261. The number of halogens is 3. The lowest BCUT2D eigenvalue weighted by Crippen LogP contribution is -2.18. The fourth-order valence-corrected chi connectivity index (χ4v) is 5.20. The first-order valence-electron chi connectivity index (χ1n) is 11.4. The van der Waals surface area contributed by atoms with Crippen LogP contribution in [0.2, 0.25) is 10.0 Å². The summed E-state index contributed by atoms with van der Waals surface area (Å²) < 4.78 is 16.1. The standard InChI is InChI=1S/C12H12BrClN2O.C12H13ClN2O2/c13-12-8-7-15-16(10(8)5-4-9(12)14)11-3-1-2-6-17-11;13-9-4-5-10-8(12(9)16)7-14-15(10)11-3-1-2-6-17-11/h4-5,7,11H,1-3,6H2;4-5,7,11,16H,1-3,6H2. The molecule has 7 nitrogen and oxygen atoms in total. The minimum Gasteiger partial charge on any atom is -0.506 e. The molecule has 2 aliphatic rings. The van der Waals surface area contributed by atoms with E-state index < -0.39 is 0 Å². The van der Waals surface area contributed by atoms with Gasteiger partial charge in [0, 0.05) is 23.1 Å². The van der Waals surface area contributed by atoms with Crippen LogP contribution >= 0.6 is 39.1 Å². The molecule has 2 aliphatic heterocycles. The molecule has 1 N–H and O–H groups in total. The van der Waals surface area contributed by atoms with Crippen LogP contribution in [-0.2, 0) is 9.47 Å². The number of phenols is 1. The predicted octanol–water partition coefficient (Wildman–Crippen LogP) is 7.25. The number of rotatable bonds is 2. The molecule has 0 amide bonds.